The predicted molar refractivity (Wildman–Crippen MR) is 71.5 cm³/mol. The van der Waals surface area contributed by atoms with Gasteiger partial charge in [0.25, 0.3) is 0 Å². The van der Waals surface area contributed by atoms with Gasteiger partial charge in [-0.25, -0.2) is 10.4 Å². The summed E-state index contributed by atoms with van der Waals surface area (Å²) in [4.78, 5) is 11.5. The molecule has 1 aromatic carbocycles. The van der Waals surface area contributed by atoms with E-state index in [-0.39, 0.29) is 0 Å². The van der Waals surface area contributed by atoms with Crippen LogP contribution in [0.4, 0.5) is 5.95 Å². The summed E-state index contributed by atoms with van der Waals surface area (Å²) in [6, 6.07) is 11.6. The van der Waals surface area contributed by atoms with E-state index in [1.807, 2.05) is 36.4 Å². The van der Waals surface area contributed by atoms with E-state index in [2.05, 4.69) is 25.5 Å². The van der Waals surface area contributed by atoms with Crippen molar-refractivity contribution >= 4 is 23.2 Å². The highest BCUT2D eigenvalue weighted by Crippen LogP contribution is 2.12. The lowest BCUT2D eigenvalue weighted by molar-refractivity contribution is 1.21. The average Bonchev–Trinajstić information content (AvgIpc) is 2.82. The zero-order chi connectivity index (χ0) is 12.2. The van der Waals surface area contributed by atoms with Gasteiger partial charge in [0.2, 0.25) is 5.95 Å². The van der Waals surface area contributed by atoms with Crippen LogP contribution >= 0.6 is 0 Å². The maximum Gasteiger partial charge on any atom is 0.222 e. The summed E-state index contributed by atoms with van der Waals surface area (Å²) in [6.07, 6.45) is 5.16. The van der Waals surface area contributed by atoms with Gasteiger partial charge in [-0.2, -0.15) is 5.10 Å². The van der Waals surface area contributed by atoms with E-state index in [0.717, 1.165) is 16.6 Å². The number of fused-ring (bicyclic) bond motifs is 1. The van der Waals surface area contributed by atoms with Gasteiger partial charge in [-0.3, -0.25) is 4.98 Å². The maximum absolute atomic E-state index is 4.35. The number of nitrogens with zero attached hydrogens (tertiary/aromatic N) is 3. The summed E-state index contributed by atoms with van der Waals surface area (Å²) in [5.41, 5.74) is 5.69. The topological polar surface area (TPSA) is 66.0 Å². The van der Waals surface area contributed by atoms with E-state index in [1.165, 1.54) is 0 Å². The number of H-pyrrole nitrogens is 1. The van der Waals surface area contributed by atoms with Crippen LogP contribution in [0.15, 0.2) is 53.9 Å². The third-order valence-electron chi connectivity index (χ3n) is 2.46. The molecular weight excluding hydrogens is 226 g/mol. The van der Waals surface area contributed by atoms with Crippen LogP contribution in [0.5, 0.6) is 0 Å². The Balaban J connectivity index is 1.75. The minimum absolute atomic E-state index is 0.622. The zero-order valence-electron chi connectivity index (χ0n) is 9.54. The Hall–Kier alpha value is -2.69. The number of nitrogens with one attached hydrogen (secondary N) is 2. The summed E-state index contributed by atoms with van der Waals surface area (Å²) in [5, 5.41) is 4.10. The van der Waals surface area contributed by atoms with Crippen molar-refractivity contribution in [3.63, 3.8) is 0 Å². The molecule has 5 nitrogen and oxygen atoms in total. The summed E-state index contributed by atoms with van der Waals surface area (Å²) < 4.78 is 0. The van der Waals surface area contributed by atoms with Gasteiger partial charge < -0.3 is 4.98 Å². The standard InChI is InChI=1S/C13H11N5/c1-2-6-12-11(5-1)16-13(17-12)18-15-9-10-4-3-7-14-8-10/h1-9H,(H2,16,17,18)/b15-9+. The molecule has 0 fully saturated rings. The van der Waals surface area contributed by atoms with Crippen molar-refractivity contribution in [2.45, 2.75) is 0 Å². The number of imidazole rings is 1. The second-order valence-corrected chi connectivity index (χ2v) is 3.76. The van der Waals surface area contributed by atoms with Crippen LogP contribution in [-0.4, -0.2) is 21.2 Å². The Morgan fingerprint density at radius 2 is 2.11 bits per heavy atom. The van der Waals surface area contributed by atoms with Crippen LogP contribution < -0.4 is 5.43 Å². The molecule has 0 amide bonds. The summed E-state index contributed by atoms with van der Waals surface area (Å²) in [7, 11) is 0. The maximum atomic E-state index is 4.35. The molecule has 0 radical (unpaired) electrons. The molecule has 3 rings (SSSR count). The second kappa shape index (κ2) is 4.67. The van der Waals surface area contributed by atoms with Crippen LogP contribution in [-0.2, 0) is 0 Å². The van der Waals surface area contributed by atoms with Gasteiger partial charge in [0.15, 0.2) is 0 Å². The molecule has 2 N–H and O–H groups in total. The average molecular weight is 237 g/mol. The smallest absolute Gasteiger partial charge is 0.222 e. The van der Waals surface area contributed by atoms with E-state index in [0.29, 0.717) is 5.95 Å². The third-order valence-corrected chi connectivity index (χ3v) is 2.46. The highest BCUT2D eigenvalue weighted by Gasteiger charge is 1.98. The number of aromatic amines is 1. The fraction of sp³-hybridized carbons (Fsp3) is 0. The van der Waals surface area contributed by atoms with Crippen molar-refractivity contribution in [3.05, 3.63) is 54.4 Å². The summed E-state index contributed by atoms with van der Waals surface area (Å²) in [5.74, 6) is 0.622. The Bertz CT molecular complexity index is 639. The number of hydrogen-bond acceptors (Lipinski definition) is 4. The van der Waals surface area contributed by atoms with Crippen molar-refractivity contribution in [2.24, 2.45) is 5.10 Å². The lowest BCUT2D eigenvalue weighted by atomic mass is 10.3. The van der Waals surface area contributed by atoms with Crippen molar-refractivity contribution in [3.8, 4) is 0 Å². The largest absolute Gasteiger partial charge is 0.323 e. The number of anilines is 1. The van der Waals surface area contributed by atoms with Crippen molar-refractivity contribution in [1.82, 2.24) is 15.0 Å². The summed E-state index contributed by atoms with van der Waals surface area (Å²) >= 11 is 0. The van der Waals surface area contributed by atoms with Gasteiger partial charge in [-0.05, 0) is 18.2 Å². The van der Waals surface area contributed by atoms with Crippen LogP contribution in [0.1, 0.15) is 5.56 Å². The molecule has 0 unspecified atom stereocenters. The summed E-state index contributed by atoms with van der Waals surface area (Å²) in [6.45, 7) is 0. The number of benzene rings is 1. The first-order chi connectivity index (χ1) is 8.92. The Morgan fingerprint density at radius 3 is 2.94 bits per heavy atom. The molecule has 18 heavy (non-hydrogen) atoms. The minimum Gasteiger partial charge on any atom is -0.323 e. The Morgan fingerprint density at radius 1 is 1.17 bits per heavy atom. The van der Waals surface area contributed by atoms with E-state index in [1.54, 1.807) is 18.6 Å². The quantitative estimate of drug-likeness (QED) is 0.543. The Kier molecular flexibility index (Phi) is 2.71. The van der Waals surface area contributed by atoms with Crippen molar-refractivity contribution in [2.75, 3.05) is 5.43 Å². The molecule has 0 atom stereocenters. The number of pyridine rings is 1. The number of rotatable bonds is 3. The first-order valence-corrected chi connectivity index (χ1v) is 5.56. The highest BCUT2D eigenvalue weighted by molar-refractivity contribution is 5.80. The van der Waals surface area contributed by atoms with Crippen molar-refractivity contribution < 1.29 is 0 Å². The van der Waals surface area contributed by atoms with Gasteiger partial charge in [0.1, 0.15) is 0 Å². The van der Waals surface area contributed by atoms with E-state index in [4.69, 9.17) is 0 Å². The van der Waals surface area contributed by atoms with Crippen molar-refractivity contribution in [1.29, 1.82) is 0 Å². The molecule has 3 aromatic rings. The van der Waals surface area contributed by atoms with Crippen LogP contribution in [0, 0.1) is 0 Å². The van der Waals surface area contributed by atoms with E-state index in [9.17, 15) is 0 Å². The molecule has 2 heterocycles. The number of hydrazone groups is 1. The fourth-order valence-electron chi connectivity index (χ4n) is 1.63. The van der Waals surface area contributed by atoms with Gasteiger partial charge >= 0.3 is 0 Å². The number of para-hydroxylation sites is 2. The first kappa shape index (κ1) is 10.5. The molecule has 0 aliphatic rings. The molecule has 0 aliphatic heterocycles. The van der Waals surface area contributed by atoms with E-state index >= 15 is 0 Å². The van der Waals surface area contributed by atoms with Gasteiger partial charge in [0.05, 0.1) is 17.2 Å². The molecule has 0 bridgehead atoms. The molecule has 88 valence electrons. The lowest BCUT2D eigenvalue weighted by Gasteiger charge is -1.93. The molecule has 0 aliphatic carbocycles. The SMILES string of the molecule is C(=N\Nc1nc2ccccc2[nH]1)/c1cccnc1. The Labute approximate surface area is 104 Å². The third kappa shape index (κ3) is 2.20. The normalized spacial score (nSPS) is 11.1. The van der Waals surface area contributed by atoms with Crippen LogP contribution in [0.3, 0.4) is 0 Å². The number of hydrogen-bond donors (Lipinski definition) is 2. The second-order valence-electron chi connectivity index (χ2n) is 3.76. The van der Waals surface area contributed by atoms with Crippen LogP contribution in [0.25, 0.3) is 11.0 Å². The molecule has 5 heteroatoms. The molecular formula is C13H11N5. The van der Waals surface area contributed by atoms with Gasteiger partial charge in [-0.1, -0.05) is 18.2 Å². The minimum atomic E-state index is 0.622. The lowest BCUT2D eigenvalue weighted by Crippen LogP contribution is -1.92. The molecule has 0 spiro atoms. The fourth-order valence-corrected chi connectivity index (χ4v) is 1.63. The molecule has 0 saturated heterocycles. The zero-order valence-corrected chi connectivity index (χ0v) is 9.54. The molecule has 2 aromatic heterocycles. The molecule has 0 saturated carbocycles. The predicted octanol–water partition coefficient (Wildman–Crippen LogP) is 2.40. The van der Waals surface area contributed by atoms with E-state index < -0.39 is 0 Å². The highest BCUT2D eigenvalue weighted by atomic mass is 15.3. The van der Waals surface area contributed by atoms with Gasteiger partial charge in [0, 0.05) is 18.0 Å². The van der Waals surface area contributed by atoms with Crippen LogP contribution in [0.2, 0.25) is 0 Å². The monoisotopic (exact) mass is 237 g/mol. The first-order valence-electron chi connectivity index (χ1n) is 5.56. The van der Waals surface area contributed by atoms with Gasteiger partial charge in [-0.15, -0.1) is 0 Å². The number of aromatic nitrogens is 3.